The van der Waals surface area contributed by atoms with Crippen LogP contribution < -0.4 is 15.0 Å². The summed E-state index contributed by atoms with van der Waals surface area (Å²) in [7, 11) is 1.61. The van der Waals surface area contributed by atoms with Gasteiger partial charge in [-0.2, -0.15) is 0 Å². The topological polar surface area (TPSA) is 44.8 Å². The monoisotopic (exact) mass is 461 g/mol. The van der Waals surface area contributed by atoms with Crippen molar-refractivity contribution in [3.63, 3.8) is 0 Å². The first-order valence-electron chi connectivity index (χ1n) is 9.32. The number of thiocarbonyl (C=S) groups is 1. The minimum absolute atomic E-state index is 0.0688. The zero-order valence-corrected chi connectivity index (χ0v) is 18.7. The number of anilines is 1. The molecule has 0 aromatic heterocycles. The molecule has 1 saturated heterocycles. The molecule has 0 aliphatic carbocycles. The molecule has 30 heavy (non-hydrogen) atoms. The van der Waals surface area contributed by atoms with Gasteiger partial charge in [0.2, 0.25) is 5.91 Å². The van der Waals surface area contributed by atoms with Gasteiger partial charge in [0.05, 0.1) is 12.8 Å². The SMILES string of the molecule is COc1ccccc1N1CCCN(C(NC(=O)/C=C/c2ccccc2)=C(Cl)Cl)C1=S. The Morgan fingerprint density at radius 2 is 1.80 bits per heavy atom. The predicted octanol–water partition coefficient (Wildman–Crippen LogP) is 4.93. The summed E-state index contributed by atoms with van der Waals surface area (Å²) in [6, 6.07) is 17.1. The van der Waals surface area contributed by atoms with Crippen LogP contribution in [0.4, 0.5) is 5.69 Å². The van der Waals surface area contributed by atoms with E-state index in [9.17, 15) is 4.79 Å². The summed E-state index contributed by atoms with van der Waals surface area (Å²) in [5.41, 5.74) is 1.75. The van der Waals surface area contributed by atoms with Gasteiger partial charge in [-0.3, -0.25) is 4.79 Å². The zero-order chi connectivity index (χ0) is 21.5. The maximum absolute atomic E-state index is 12.5. The van der Waals surface area contributed by atoms with Gasteiger partial charge < -0.3 is 19.9 Å². The number of hydrogen-bond donors (Lipinski definition) is 1. The van der Waals surface area contributed by atoms with E-state index in [4.69, 9.17) is 40.2 Å². The van der Waals surface area contributed by atoms with Gasteiger partial charge in [0.1, 0.15) is 16.1 Å². The van der Waals surface area contributed by atoms with E-state index in [1.165, 1.54) is 6.08 Å². The lowest BCUT2D eigenvalue weighted by atomic mass is 10.2. The quantitative estimate of drug-likeness (QED) is 0.488. The van der Waals surface area contributed by atoms with Crippen LogP contribution in [-0.4, -0.2) is 36.1 Å². The number of halogens is 2. The van der Waals surface area contributed by atoms with E-state index in [2.05, 4.69) is 5.32 Å². The molecule has 3 rings (SSSR count). The molecule has 1 N–H and O–H groups in total. The van der Waals surface area contributed by atoms with Gasteiger partial charge in [0.15, 0.2) is 5.11 Å². The molecule has 1 aliphatic heterocycles. The number of benzene rings is 2. The van der Waals surface area contributed by atoms with Crippen molar-refractivity contribution in [3.8, 4) is 5.75 Å². The van der Waals surface area contributed by atoms with Gasteiger partial charge in [-0.05, 0) is 42.4 Å². The molecule has 5 nitrogen and oxygen atoms in total. The van der Waals surface area contributed by atoms with Crippen LogP contribution in [0.5, 0.6) is 5.75 Å². The zero-order valence-electron chi connectivity index (χ0n) is 16.3. The Morgan fingerprint density at radius 1 is 1.10 bits per heavy atom. The summed E-state index contributed by atoms with van der Waals surface area (Å²) in [6.07, 6.45) is 3.93. The number of carbonyl (C=O) groups is 1. The Kier molecular flexibility index (Phi) is 7.74. The molecule has 1 amide bonds. The highest BCUT2D eigenvalue weighted by Gasteiger charge is 2.29. The van der Waals surface area contributed by atoms with Crippen LogP contribution in [0.2, 0.25) is 0 Å². The van der Waals surface area contributed by atoms with Gasteiger partial charge >= 0.3 is 0 Å². The van der Waals surface area contributed by atoms with Crippen molar-refractivity contribution < 1.29 is 9.53 Å². The largest absolute Gasteiger partial charge is 0.495 e. The van der Waals surface area contributed by atoms with E-state index in [0.29, 0.717) is 24.0 Å². The highest BCUT2D eigenvalue weighted by Crippen LogP contribution is 2.31. The van der Waals surface area contributed by atoms with Crippen LogP contribution in [0, 0.1) is 0 Å². The summed E-state index contributed by atoms with van der Waals surface area (Å²) in [5, 5.41) is 3.24. The average Bonchev–Trinajstić information content (AvgIpc) is 2.77. The van der Waals surface area contributed by atoms with Crippen molar-refractivity contribution in [1.82, 2.24) is 10.2 Å². The van der Waals surface area contributed by atoms with E-state index in [-0.39, 0.29) is 16.2 Å². The number of rotatable bonds is 6. The number of carbonyl (C=O) groups excluding carboxylic acids is 1. The van der Waals surface area contributed by atoms with Crippen LogP contribution in [0.1, 0.15) is 12.0 Å². The molecule has 0 atom stereocenters. The van der Waals surface area contributed by atoms with Crippen LogP contribution in [0.3, 0.4) is 0 Å². The molecular formula is C22H21Cl2N3O2S. The second-order valence-corrected chi connectivity index (χ2v) is 7.77. The number of hydrogen-bond acceptors (Lipinski definition) is 3. The molecule has 0 radical (unpaired) electrons. The summed E-state index contributed by atoms with van der Waals surface area (Å²) in [5.74, 6) is 0.606. The molecule has 8 heteroatoms. The maximum Gasteiger partial charge on any atom is 0.249 e. The molecule has 2 aromatic rings. The van der Waals surface area contributed by atoms with Crippen LogP contribution in [0.25, 0.3) is 6.08 Å². The number of nitrogens with one attached hydrogen (secondary N) is 1. The fourth-order valence-corrected chi connectivity index (χ4v) is 3.79. The first-order valence-corrected chi connectivity index (χ1v) is 10.5. The Bertz CT molecular complexity index is 975. The highest BCUT2D eigenvalue weighted by atomic mass is 35.5. The molecule has 156 valence electrons. The fraction of sp³-hybridized carbons (Fsp3) is 0.182. The molecule has 0 saturated carbocycles. The number of amides is 1. The second kappa shape index (κ2) is 10.5. The summed E-state index contributed by atoms with van der Waals surface area (Å²) in [4.78, 5) is 16.2. The van der Waals surface area contributed by atoms with Crippen molar-refractivity contribution in [2.24, 2.45) is 0 Å². The minimum Gasteiger partial charge on any atom is -0.495 e. The Hall–Kier alpha value is -2.54. The van der Waals surface area contributed by atoms with Crippen molar-refractivity contribution in [2.75, 3.05) is 25.1 Å². The van der Waals surface area contributed by atoms with Crippen LogP contribution in [-0.2, 0) is 4.79 Å². The van der Waals surface area contributed by atoms with E-state index in [1.807, 2.05) is 59.5 Å². The maximum atomic E-state index is 12.5. The minimum atomic E-state index is -0.357. The smallest absolute Gasteiger partial charge is 0.249 e. The van der Waals surface area contributed by atoms with E-state index >= 15 is 0 Å². The lowest BCUT2D eigenvalue weighted by Gasteiger charge is -2.39. The fourth-order valence-electron chi connectivity index (χ4n) is 3.12. The molecular weight excluding hydrogens is 441 g/mol. The molecule has 0 unspecified atom stereocenters. The van der Waals surface area contributed by atoms with E-state index < -0.39 is 0 Å². The Morgan fingerprint density at radius 3 is 2.50 bits per heavy atom. The average molecular weight is 462 g/mol. The number of methoxy groups -OCH3 is 1. The summed E-state index contributed by atoms with van der Waals surface area (Å²) >= 11 is 17.9. The van der Waals surface area contributed by atoms with Crippen molar-refractivity contribution >= 4 is 58.2 Å². The van der Waals surface area contributed by atoms with Crippen molar-refractivity contribution in [3.05, 3.63) is 76.5 Å². The van der Waals surface area contributed by atoms with Gasteiger partial charge in [0.25, 0.3) is 0 Å². The predicted molar refractivity (Wildman–Crippen MR) is 127 cm³/mol. The van der Waals surface area contributed by atoms with Crippen molar-refractivity contribution in [2.45, 2.75) is 6.42 Å². The van der Waals surface area contributed by atoms with E-state index in [1.54, 1.807) is 18.1 Å². The van der Waals surface area contributed by atoms with Crippen LogP contribution in [0.15, 0.2) is 71.0 Å². The van der Waals surface area contributed by atoms with Gasteiger partial charge in [-0.1, -0.05) is 65.7 Å². The third kappa shape index (κ3) is 5.33. The third-order valence-corrected chi connectivity index (χ3v) is 5.32. The Balaban J connectivity index is 1.79. The van der Waals surface area contributed by atoms with Crippen molar-refractivity contribution in [1.29, 1.82) is 0 Å². The lowest BCUT2D eigenvalue weighted by molar-refractivity contribution is -0.116. The third-order valence-electron chi connectivity index (χ3n) is 4.52. The first-order chi connectivity index (χ1) is 14.5. The molecule has 0 bridgehead atoms. The van der Waals surface area contributed by atoms with Gasteiger partial charge in [0, 0.05) is 19.2 Å². The highest BCUT2D eigenvalue weighted by molar-refractivity contribution is 7.80. The van der Waals surface area contributed by atoms with Crippen LogP contribution >= 0.6 is 35.4 Å². The number of ether oxygens (including phenoxy) is 1. The summed E-state index contributed by atoms with van der Waals surface area (Å²) < 4.78 is 5.40. The van der Waals surface area contributed by atoms with E-state index in [0.717, 1.165) is 17.7 Å². The second-order valence-electron chi connectivity index (χ2n) is 6.45. The van der Waals surface area contributed by atoms with Gasteiger partial charge in [-0.15, -0.1) is 0 Å². The first kappa shape index (κ1) is 22.2. The molecule has 1 aliphatic rings. The summed E-state index contributed by atoms with van der Waals surface area (Å²) in [6.45, 7) is 1.29. The normalized spacial score (nSPS) is 14.0. The molecule has 2 aromatic carbocycles. The molecule has 1 fully saturated rings. The standard InChI is InChI=1S/C22H21Cl2N3O2S/c1-29-18-11-6-5-10-17(18)26-14-7-15-27(22(26)30)21(20(23)24)25-19(28)13-12-16-8-3-2-4-9-16/h2-6,8-13H,7,14-15H2,1H3,(H,25,28)/b13-12+. The molecule has 0 spiro atoms. The lowest BCUT2D eigenvalue weighted by Crippen LogP contribution is -2.51. The Labute approximate surface area is 191 Å². The number of para-hydroxylation sites is 2. The van der Waals surface area contributed by atoms with Gasteiger partial charge in [-0.25, -0.2) is 0 Å². The molecule has 1 heterocycles. The number of nitrogens with zero attached hydrogens (tertiary/aromatic N) is 2.